The fraction of sp³-hybridized carbons (Fsp3) is 0. The normalized spacial score (nSPS) is 10.9. The monoisotopic (exact) mass is 203 g/mol. The first kappa shape index (κ1) is 8.90. The zero-order valence-electron chi connectivity index (χ0n) is 7.42. The summed E-state index contributed by atoms with van der Waals surface area (Å²) in [5.41, 5.74) is 1.05. The first-order valence-electron chi connectivity index (χ1n) is 4.22. The van der Waals surface area contributed by atoms with E-state index in [4.69, 9.17) is 12.2 Å². The molecule has 0 atom stereocenters. The number of hydrogen-bond acceptors (Lipinski definition) is 2. The highest BCUT2D eigenvalue weighted by Gasteiger charge is 1.87. The number of benzene rings is 1. The van der Waals surface area contributed by atoms with Gasteiger partial charge in [0.1, 0.15) is 0 Å². The van der Waals surface area contributed by atoms with Gasteiger partial charge in [-0.1, -0.05) is 30.3 Å². The molecule has 2 rings (SSSR count). The summed E-state index contributed by atoms with van der Waals surface area (Å²) >= 11 is 4.99. The molecule has 1 aromatic carbocycles. The van der Waals surface area contributed by atoms with Gasteiger partial charge in [-0.2, -0.15) is 5.10 Å². The van der Waals surface area contributed by atoms with E-state index in [0.717, 1.165) is 5.56 Å². The number of hydrogen-bond donors (Lipinski definition) is 1. The van der Waals surface area contributed by atoms with Gasteiger partial charge in [-0.3, -0.25) is 0 Å². The highest BCUT2D eigenvalue weighted by Crippen LogP contribution is 1.95. The molecule has 1 N–H and O–H groups in total. The smallest absolute Gasteiger partial charge is 0.198 e. The second-order valence-corrected chi connectivity index (χ2v) is 3.15. The van der Waals surface area contributed by atoms with Crippen molar-refractivity contribution in [3.63, 3.8) is 0 Å². The minimum atomic E-state index is 0.595. The topological polar surface area (TPSA) is 33.1 Å². The van der Waals surface area contributed by atoms with Crippen molar-refractivity contribution in [2.24, 2.45) is 5.10 Å². The summed E-state index contributed by atoms with van der Waals surface area (Å²) in [6, 6.07) is 9.88. The Morgan fingerprint density at radius 1 is 1.29 bits per heavy atom. The van der Waals surface area contributed by atoms with Crippen LogP contribution in [0, 0.1) is 4.77 Å². The largest absolute Gasteiger partial charge is 0.336 e. The van der Waals surface area contributed by atoms with Crippen molar-refractivity contribution in [1.82, 2.24) is 9.66 Å². The quantitative estimate of drug-likeness (QED) is 0.590. The van der Waals surface area contributed by atoms with Crippen molar-refractivity contribution in [3.8, 4) is 0 Å². The molecule has 0 bridgehead atoms. The molecule has 0 saturated heterocycles. The van der Waals surface area contributed by atoms with Gasteiger partial charge < -0.3 is 4.98 Å². The maximum atomic E-state index is 4.99. The summed E-state index contributed by atoms with van der Waals surface area (Å²) in [6.07, 6.45) is 5.30. The highest BCUT2D eigenvalue weighted by molar-refractivity contribution is 7.71. The summed E-state index contributed by atoms with van der Waals surface area (Å²) in [4.78, 5) is 2.87. The number of aromatic nitrogens is 2. The van der Waals surface area contributed by atoms with Crippen LogP contribution in [-0.4, -0.2) is 15.9 Å². The highest BCUT2D eigenvalue weighted by atomic mass is 32.1. The minimum absolute atomic E-state index is 0.595. The van der Waals surface area contributed by atoms with E-state index in [1.807, 2.05) is 30.3 Å². The van der Waals surface area contributed by atoms with Crippen LogP contribution in [0.1, 0.15) is 5.56 Å². The Kier molecular flexibility index (Phi) is 2.55. The Hall–Kier alpha value is -1.68. The van der Waals surface area contributed by atoms with Gasteiger partial charge in [0.05, 0.1) is 6.21 Å². The number of rotatable bonds is 2. The van der Waals surface area contributed by atoms with Gasteiger partial charge in [0.2, 0.25) is 0 Å². The maximum Gasteiger partial charge on any atom is 0.198 e. The SMILES string of the molecule is S=c1[nH]ccn1N=Cc1ccccc1. The van der Waals surface area contributed by atoms with E-state index in [9.17, 15) is 0 Å². The molecule has 0 aliphatic heterocycles. The summed E-state index contributed by atoms with van der Waals surface area (Å²) in [7, 11) is 0. The summed E-state index contributed by atoms with van der Waals surface area (Å²) < 4.78 is 2.21. The lowest BCUT2D eigenvalue weighted by molar-refractivity contribution is 0.864. The van der Waals surface area contributed by atoms with Gasteiger partial charge >= 0.3 is 0 Å². The predicted molar refractivity (Wildman–Crippen MR) is 59.1 cm³/mol. The van der Waals surface area contributed by atoms with Gasteiger partial charge in [0.15, 0.2) is 4.77 Å². The molecule has 0 fully saturated rings. The van der Waals surface area contributed by atoms with Crippen molar-refractivity contribution in [2.45, 2.75) is 0 Å². The van der Waals surface area contributed by atoms with Crippen LogP contribution in [0.2, 0.25) is 0 Å². The molecule has 0 saturated carbocycles. The minimum Gasteiger partial charge on any atom is -0.336 e. The van der Waals surface area contributed by atoms with Crippen LogP contribution in [0.15, 0.2) is 47.8 Å². The van der Waals surface area contributed by atoms with Crippen molar-refractivity contribution in [3.05, 3.63) is 53.1 Å². The number of H-pyrrole nitrogens is 1. The van der Waals surface area contributed by atoms with E-state index >= 15 is 0 Å². The third kappa shape index (κ3) is 1.97. The third-order valence-electron chi connectivity index (χ3n) is 1.76. The summed E-state index contributed by atoms with van der Waals surface area (Å²) in [5.74, 6) is 0. The van der Waals surface area contributed by atoms with E-state index in [-0.39, 0.29) is 0 Å². The lowest BCUT2D eigenvalue weighted by Crippen LogP contribution is -1.88. The molecule has 4 heteroatoms. The molecule has 0 aliphatic carbocycles. The van der Waals surface area contributed by atoms with Crippen molar-refractivity contribution in [2.75, 3.05) is 0 Å². The van der Waals surface area contributed by atoms with E-state index in [0.29, 0.717) is 4.77 Å². The number of nitrogens with zero attached hydrogens (tertiary/aromatic N) is 2. The molecule has 3 nitrogen and oxygen atoms in total. The van der Waals surface area contributed by atoms with Crippen LogP contribution in [-0.2, 0) is 0 Å². The number of nitrogens with one attached hydrogen (secondary N) is 1. The van der Waals surface area contributed by atoms with Gasteiger partial charge in [0.25, 0.3) is 0 Å². The second-order valence-electron chi connectivity index (χ2n) is 2.77. The van der Waals surface area contributed by atoms with Gasteiger partial charge in [0, 0.05) is 12.4 Å². The van der Waals surface area contributed by atoms with E-state index in [2.05, 4.69) is 10.1 Å². The van der Waals surface area contributed by atoms with E-state index < -0.39 is 0 Å². The van der Waals surface area contributed by atoms with E-state index in [1.165, 1.54) is 0 Å². The first-order chi connectivity index (χ1) is 6.86. The fourth-order valence-corrected chi connectivity index (χ4v) is 1.25. The molecule has 14 heavy (non-hydrogen) atoms. The van der Waals surface area contributed by atoms with Crippen LogP contribution >= 0.6 is 12.2 Å². The number of imidazole rings is 1. The number of aromatic amines is 1. The molecule has 2 aromatic rings. The summed E-state index contributed by atoms with van der Waals surface area (Å²) in [5, 5.41) is 4.19. The molecule has 0 aliphatic rings. The Morgan fingerprint density at radius 3 is 2.71 bits per heavy atom. The molecule has 0 unspecified atom stereocenters. The van der Waals surface area contributed by atoms with Crippen LogP contribution < -0.4 is 0 Å². The maximum absolute atomic E-state index is 4.99. The lowest BCUT2D eigenvalue weighted by atomic mass is 10.2. The van der Waals surface area contributed by atoms with Crippen molar-refractivity contribution < 1.29 is 0 Å². The molecular weight excluding hydrogens is 194 g/mol. The zero-order chi connectivity index (χ0) is 9.80. The van der Waals surface area contributed by atoms with Crippen molar-refractivity contribution >= 4 is 18.4 Å². The standard InChI is InChI=1S/C10H9N3S/c14-10-11-6-7-13(10)12-8-9-4-2-1-3-5-9/h1-8H,(H,11,14). The van der Waals surface area contributed by atoms with Gasteiger partial charge in [-0.25, -0.2) is 4.68 Å². The Bertz CT molecular complexity index is 481. The fourth-order valence-electron chi connectivity index (χ4n) is 1.07. The van der Waals surface area contributed by atoms with Crippen LogP contribution in [0.3, 0.4) is 0 Å². The predicted octanol–water partition coefficient (Wildman–Crippen LogP) is 2.43. The molecule has 1 aromatic heterocycles. The Morgan fingerprint density at radius 2 is 2.07 bits per heavy atom. The van der Waals surface area contributed by atoms with Gasteiger partial charge in [-0.05, 0) is 17.8 Å². The average Bonchev–Trinajstić information content (AvgIpc) is 2.63. The van der Waals surface area contributed by atoms with Crippen LogP contribution in [0.4, 0.5) is 0 Å². The first-order valence-corrected chi connectivity index (χ1v) is 4.62. The Labute approximate surface area is 86.7 Å². The second kappa shape index (κ2) is 4.02. The lowest BCUT2D eigenvalue weighted by Gasteiger charge is -1.91. The molecule has 70 valence electrons. The van der Waals surface area contributed by atoms with Crippen LogP contribution in [0.25, 0.3) is 0 Å². The summed E-state index contributed by atoms with van der Waals surface area (Å²) in [6.45, 7) is 0. The van der Waals surface area contributed by atoms with Gasteiger partial charge in [-0.15, -0.1) is 0 Å². The zero-order valence-corrected chi connectivity index (χ0v) is 8.24. The van der Waals surface area contributed by atoms with E-state index in [1.54, 1.807) is 23.3 Å². The average molecular weight is 203 g/mol. The molecule has 1 heterocycles. The van der Waals surface area contributed by atoms with Crippen molar-refractivity contribution in [1.29, 1.82) is 0 Å². The third-order valence-corrected chi connectivity index (χ3v) is 2.07. The molecular formula is C10H9N3S. The molecule has 0 spiro atoms. The molecule has 0 radical (unpaired) electrons. The van der Waals surface area contributed by atoms with Crippen LogP contribution in [0.5, 0.6) is 0 Å². The molecule has 0 amide bonds. The Balaban J connectivity index is 2.24.